The van der Waals surface area contributed by atoms with Gasteiger partial charge in [0.05, 0.1) is 17.0 Å². The number of anilines is 3. The summed E-state index contributed by atoms with van der Waals surface area (Å²) >= 11 is 0. The molecule has 0 aliphatic heterocycles. The maximum absolute atomic E-state index is 9.90. The Kier molecular flexibility index (Phi) is 3.30. The van der Waals surface area contributed by atoms with Gasteiger partial charge in [0.25, 0.3) is 0 Å². The minimum atomic E-state index is -0.537. The number of nitrogens with one attached hydrogen (secondary N) is 1. The molecule has 1 fully saturated rings. The van der Waals surface area contributed by atoms with Crippen LogP contribution in [0.1, 0.15) is 38.3 Å². The van der Waals surface area contributed by atoms with Gasteiger partial charge < -0.3 is 21.9 Å². The van der Waals surface area contributed by atoms with Gasteiger partial charge in [0.2, 0.25) is 5.95 Å². The van der Waals surface area contributed by atoms with Crippen LogP contribution >= 0.6 is 0 Å². The lowest BCUT2D eigenvalue weighted by Crippen LogP contribution is -2.36. The summed E-state index contributed by atoms with van der Waals surface area (Å²) in [5.74, 6) is 0.832. The van der Waals surface area contributed by atoms with Gasteiger partial charge in [-0.1, -0.05) is 0 Å². The van der Waals surface area contributed by atoms with E-state index >= 15 is 0 Å². The van der Waals surface area contributed by atoms with E-state index in [4.69, 9.17) is 11.5 Å². The fraction of sp³-hybridized carbons (Fsp3) is 0.667. The van der Waals surface area contributed by atoms with Gasteiger partial charge >= 0.3 is 0 Å². The average molecular weight is 251 g/mol. The van der Waals surface area contributed by atoms with Crippen molar-refractivity contribution in [3.8, 4) is 0 Å². The minimum Gasteiger partial charge on any atom is -0.394 e. The van der Waals surface area contributed by atoms with Crippen LogP contribution in [0, 0.1) is 6.92 Å². The molecule has 6 heteroatoms. The average Bonchev–Trinajstić information content (AvgIpc) is 2.28. The van der Waals surface area contributed by atoms with E-state index in [0.717, 1.165) is 25.7 Å². The molecule has 6 N–H and O–H groups in total. The summed E-state index contributed by atoms with van der Waals surface area (Å²) in [6.07, 6.45) is 3.36. The Balaban J connectivity index is 2.07. The Labute approximate surface area is 107 Å². The molecule has 1 saturated carbocycles. The first-order chi connectivity index (χ1) is 8.37. The van der Waals surface area contributed by atoms with E-state index in [2.05, 4.69) is 15.3 Å². The van der Waals surface area contributed by atoms with Crippen molar-refractivity contribution in [3.63, 3.8) is 0 Å². The molecule has 0 atom stereocenters. The van der Waals surface area contributed by atoms with Gasteiger partial charge in [0.1, 0.15) is 0 Å². The zero-order chi connectivity index (χ0) is 13.3. The van der Waals surface area contributed by atoms with Crippen molar-refractivity contribution in [1.29, 1.82) is 0 Å². The van der Waals surface area contributed by atoms with Gasteiger partial charge in [0, 0.05) is 6.04 Å². The van der Waals surface area contributed by atoms with Crippen LogP contribution in [0.25, 0.3) is 0 Å². The molecule has 1 aliphatic rings. The molecule has 0 aromatic carbocycles. The second-order valence-electron chi connectivity index (χ2n) is 5.35. The molecule has 0 unspecified atom stereocenters. The summed E-state index contributed by atoms with van der Waals surface area (Å²) in [5, 5.41) is 13.2. The molecule has 1 aliphatic carbocycles. The van der Waals surface area contributed by atoms with E-state index in [1.165, 1.54) is 0 Å². The van der Waals surface area contributed by atoms with Crippen LogP contribution in [0.5, 0.6) is 0 Å². The maximum Gasteiger partial charge on any atom is 0.222 e. The zero-order valence-electron chi connectivity index (χ0n) is 10.9. The largest absolute Gasteiger partial charge is 0.394 e. The van der Waals surface area contributed by atoms with Crippen molar-refractivity contribution < 1.29 is 5.11 Å². The highest BCUT2D eigenvalue weighted by molar-refractivity contribution is 5.65. The third-order valence-electron chi connectivity index (χ3n) is 3.56. The first kappa shape index (κ1) is 12.9. The summed E-state index contributed by atoms with van der Waals surface area (Å²) in [5.41, 5.74) is 12.2. The molecule has 6 nitrogen and oxygen atoms in total. The molecule has 100 valence electrons. The summed E-state index contributed by atoms with van der Waals surface area (Å²) < 4.78 is 0. The van der Waals surface area contributed by atoms with Crippen LogP contribution in [-0.4, -0.2) is 26.7 Å². The van der Waals surface area contributed by atoms with Crippen LogP contribution < -0.4 is 16.8 Å². The highest BCUT2D eigenvalue weighted by atomic mass is 16.3. The predicted octanol–water partition coefficient (Wildman–Crippen LogP) is 1.05. The lowest BCUT2D eigenvalue weighted by atomic mass is 9.83. The van der Waals surface area contributed by atoms with E-state index in [1.54, 1.807) is 0 Å². The van der Waals surface area contributed by atoms with Gasteiger partial charge in [-0.3, -0.25) is 0 Å². The smallest absolute Gasteiger partial charge is 0.222 e. The van der Waals surface area contributed by atoms with Crippen molar-refractivity contribution in [1.82, 2.24) is 9.97 Å². The van der Waals surface area contributed by atoms with Crippen LogP contribution in [-0.2, 0) is 0 Å². The summed E-state index contributed by atoms with van der Waals surface area (Å²) in [6, 6.07) is 0.279. The van der Waals surface area contributed by atoms with Crippen molar-refractivity contribution in [2.45, 2.75) is 51.2 Å². The molecule has 0 amide bonds. The second kappa shape index (κ2) is 4.61. The number of nitrogens with two attached hydrogens (primary N) is 2. The number of hydrogen-bond donors (Lipinski definition) is 4. The highest BCUT2D eigenvalue weighted by Gasteiger charge is 2.29. The van der Waals surface area contributed by atoms with Gasteiger partial charge in [-0.05, 0) is 39.5 Å². The van der Waals surface area contributed by atoms with E-state index < -0.39 is 5.60 Å². The maximum atomic E-state index is 9.90. The highest BCUT2D eigenvalue weighted by Crippen LogP contribution is 2.30. The Morgan fingerprint density at radius 3 is 2.50 bits per heavy atom. The van der Waals surface area contributed by atoms with Crippen LogP contribution in [0.15, 0.2) is 0 Å². The first-order valence-electron chi connectivity index (χ1n) is 6.26. The topological polar surface area (TPSA) is 110 Å². The predicted molar refractivity (Wildman–Crippen MR) is 72.1 cm³/mol. The van der Waals surface area contributed by atoms with Crippen molar-refractivity contribution in [2.24, 2.45) is 0 Å². The van der Waals surface area contributed by atoms with Gasteiger partial charge in [-0.2, -0.15) is 4.98 Å². The Morgan fingerprint density at radius 2 is 1.89 bits per heavy atom. The number of nitrogens with zero attached hydrogens (tertiary/aromatic N) is 2. The Morgan fingerprint density at radius 1 is 1.28 bits per heavy atom. The molecule has 0 radical (unpaired) electrons. The summed E-state index contributed by atoms with van der Waals surface area (Å²) in [6.45, 7) is 3.69. The van der Waals surface area contributed by atoms with E-state index in [-0.39, 0.29) is 12.0 Å². The fourth-order valence-electron chi connectivity index (χ4n) is 2.29. The molecular formula is C12H21N5O. The molecule has 0 bridgehead atoms. The quantitative estimate of drug-likeness (QED) is 0.625. The summed E-state index contributed by atoms with van der Waals surface area (Å²) in [4.78, 5) is 8.14. The number of aliphatic hydroxyl groups is 1. The standard InChI is InChI=1S/C12H21N5O/c1-7-9(13)10(17-11(14)15-7)16-8-3-5-12(2,18)6-4-8/h8,18H,3-6,13H2,1-2H3,(H3,14,15,16,17). The van der Waals surface area contributed by atoms with Crippen LogP contribution in [0.2, 0.25) is 0 Å². The van der Waals surface area contributed by atoms with E-state index in [9.17, 15) is 5.11 Å². The van der Waals surface area contributed by atoms with E-state index in [1.807, 2.05) is 13.8 Å². The number of aromatic nitrogens is 2. The van der Waals surface area contributed by atoms with Crippen molar-refractivity contribution in [3.05, 3.63) is 5.69 Å². The summed E-state index contributed by atoms with van der Waals surface area (Å²) in [7, 11) is 0. The lowest BCUT2D eigenvalue weighted by Gasteiger charge is -2.33. The molecule has 2 rings (SSSR count). The van der Waals surface area contributed by atoms with Crippen LogP contribution in [0.3, 0.4) is 0 Å². The molecule has 1 aromatic rings. The van der Waals surface area contributed by atoms with E-state index in [0.29, 0.717) is 17.2 Å². The fourth-order valence-corrected chi connectivity index (χ4v) is 2.29. The van der Waals surface area contributed by atoms with Gasteiger partial charge in [-0.15, -0.1) is 0 Å². The molecule has 18 heavy (non-hydrogen) atoms. The van der Waals surface area contributed by atoms with Crippen molar-refractivity contribution >= 4 is 17.5 Å². The molecule has 1 heterocycles. The molecule has 0 saturated heterocycles. The third kappa shape index (κ3) is 2.81. The monoisotopic (exact) mass is 251 g/mol. The molecular weight excluding hydrogens is 230 g/mol. The zero-order valence-corrected chi connectivity index (χ0v) is 10.9. The van der Waals surface area contributed by atoms with Gasteiger partial charge in [0.15, 0.2) is 5.82 Å². The molecule has 0 spiro atoms. The van der Waals surface area contributed by atoms with Crippen molar-refractivity contribution in [2.75, 3.05) is 16.8 Å². The Hall–Kier alpha value is -1.56. The second-order valence-corrected chi connectivity index (χ2v) is 5.35. The minimum absolute atomic E-state index is 0.229. The molecule has 1 aromatic heterocycles. The van der Waals surface area contributed by atoms with Crippen LogP contribution in [0.4, 0.5) is 17.5 Å². The Bertz CT molecular complexity index is 436. The lowest BCUT2D eigenvalue weighted by molar-refractivity contribution is 0.0196. The SMILES string of the molecule is Cc1nc(N)nc(NC2CCC(C)(O)CC2)c1N. The first-order valence-corrected chi connectivity index (χ1v) is 6.26. The number of nitrogen functional groups attached to an aromatic ring is 2. The third-order valence-corrected chi connectivity index (χ3v) is 3.56. The number of rotatable bonds is 2. The van der Waals surface area contributed by atoms with Gasteiger partial charge in [-0.25, -0.2) is 4.98 Å². The number of aryl methyl sites for hydroxylation is 1. The normalized spacial score (nSPS) is 28.1. The number of hydrogen-bond acceptors (Lipinski definition) is 6.